The topological polar surface area (TPSA) is 29.3 Å². The van der Waals surface area contributed by atoms with Crippen molar-refractivity contribution in [2.75, 3.05) is 17.2 Å². The second kappa shape index (κ2) is 4.96. The summed E-state index contributed by atoms with van der Waals surface area (Å²) in [5, 5.41) is 0. The molecule has 0 bridgehead atoms. The van der Waals surface area contributed by atoms with Crippen molar-refractivity contribution in [3.63, 3.8) is 0 Å². The fourth-order valence-electron chi connectivity index (χ4n) is 3.04. The second-order valence-corrected chi connectivity index (χ2v) is 5.16. The molecule has 0 saturated carbocycles. The number of para-hydroxylation sites is 1. The van der Waals surface area contributed by atoms with Crippen LogP contribution in [-0.4, -0.2) is 6.54 Å². The Labute approximate surface area is 114 Å². The highest BCUT2D eigenvalue weighted by molar-refractivity contribution is 5.59. The molecule has 0 amide bonds. The first-order valence-corrected chi connectivity index (χ1v) is 6.99. The highest BCUT2D eigenvalue weighted by Crippen LogP contribution is 2.36. The summed E-state index contributed by atoms with van der Waals surface area (Å²) in [4.78, 5) is 2.53. The number of nitrogen functional groups attached to an aromatic ring is 1. The van der Waals surface area contributed by atoms with E-state index in [-0.39, 0.29) is 0 Å². The molecule has 2 nitrogen and oxygen atoms in total. The average Bonchev–Trinajstić information content (AvgIpc) is 2.86. The number of anilines is 2. The van der Waals surface area contributed by atoms with Crippen molar-refractivity contribution in [2.24, 2.45) is 0 Å². The molecule has 98 valence electrons. The minimum absolute atomic E-state index is 0.448. The van der Waals surface area contributed by atoms with Crippen LogP contribution in [0.4, 0.5) is 11.4 Å². The summed E-state index contributed by atoms with van der Waals surface area (Å²) in [5.74, 6) is 0. The number of hydrogen-bond donors (Lipinski definition) is 1. The van der Waals surface area contributed by atoms with Gasteiger partial charge in [0, 0.05) is 17.9 Å². The summed E-state index contributed by atoms with van der Waals surface area (Å²) in [6.45, 7) is 3.37. The molecule has 0 saturated heterocycles. The van der Waals surface area contributed by atoms with E-state index in [0.717, 1.165) is 25.1 Å². The third-order valence-corrected chi connectivity index (χ3v) is 4.01. The van der Waals surface area contributed by atoms with E-state index in [4.69, 9.17) is 5.73 Å². The van der Waals surface area contributed by atoms with Gasteiger partial charge in [0.25, 0.3) is 0 Å². The van der Waals surface area contributed by atoms with Crippen molar-refractivity contribution in [3.05, 3.63) is 59.7 Å². The van der Waals surface area contributed by atoms with Crippen molar-refractivity contribution in [2.45, 2.75) is 25.8 Å². The highest BCUT2D eigenvalue weighted by Gasteiger charge is 2.25. The molecule has 1 heterocycles. The minimum Gasteiger partial charge on any atom is -0.399 e. The zero-order valence-electron chi connectivity index (χ0n) is 11.3. The molecule has 0 radical (unpaired) electrons. The predicted octanol–water partition coefficient (Wildman–Crippen LogP) is 3.78. The smallest absolute Gasteiger partial charge is 0.0540 e. The van der Waals surface area contributed by atoms with E-state index in [0.29, 0.717) is 6.04 Å². The van der Waals surface area contributed by atoms with Gasteiger partial charge >= 0.3 is 0 Å². The SMILES string of the molecule is CCC(c1ccc(N)cc1)N1CCc2ccccc21. The number of rotatable bonds is 3. The zero-order valence-corrected chi connectivity index (χ0v) is 11.3. The Hall–Kier alpha value is -1.96. The molecular weight excluding hydrogens is 232 g/mol. The van der Waals surface area contributed by atoms with E-state index >= 15 is 0 Å². The first kappa shape index (κ1) is 12.1. The molecule has 0 aliphatic carbocycles. The predicted molar refractivity (Wildman–Crippen MR) is 81.4 cm³/mol. The van der Waals surface area contributed by atoms with Crippen LogP contribution in [0.2, 0.25) is 0 Å². The van der Waals surface area contributed by atoms with E-state index in [9.17, 15) is 0 Å². The number of nitrogens with zero attached hydrogens (tertiary/aromatic N) is 1. The summed E-state index contributed by atoms with van der Waals surface area (Å²) in [6, 6.07) is 17.5. The maximum Gasteiger partial charge on any atom is 0.0540 e. The van der Waals surface area contributed by atoms with Gasteiger partial charge in [-0.15, -0.1) is 0 Å². The second-order valence-electron chi connectivity index (χ2n) is 5.16. The van der Waals surface area contributed by atoms with Gasteiger partial charge in [0.05, 0.1) is 6.04 Å². The Morgan fingerprint density at radius 1 is 1.11 bits per heavy atom. The van der Waals surface area contributed by atoms with Gasteiger partial charge in [-0.2, -0.15) is 0 Å². The molecule has 1 unspecified atom stereocenters. The van der Waals surface area contributed by atoms with Crippen LogP contribution in [0.1, 0.15) is 30.5 Å². The Kier molecular flexibility index (Phi) is 3.16. The Morgan fingerprint density at radius 3 is 2.58 bits per heavy atom. The van der Waals surface area contributed by atoms with Gasteiger partial charge in [-0.1, -0.05) is 37.3 Å². The Morgan fingerprint density at radius 2 is 1.84 bits per heavy atom. The lowest BCUT2D eigenvalue weighted by atomic mass is 10.0. The number of nitrogens with two attached hydrogens (primary N) is 1. The van der Waals surface area contributed by atoms with Gasteiger partial charge in [0.2, 0.25) is 0 Å². The van der Waals surface area contributed by atoms with Crippen molar-refractivity contribution >= 4 is 11.4 Å². The van der Waals surface area contributed by atoms with Crippen LogP contribution < -0.4 is 10.6 Å². The van der Waals surface area contributed by atoms with Crippen molar-refractivity contribution in [1.29, 1.82) is 0 Å². The quantitative estimate of drug-likeness (QED) is 0.842. The molecule has 3 rings (SSSR count). The standard InChI is InChI=1S/C17H20N2/c1-2-16(14-7-9-15(18)10-8-14)19-12-11-13-5-3-4-6-17(13)19/h3-10,16H,2,11-12,18H2,1H3. The van der Waals surface area contributed by atoms with Crippen LogP contribution >= 0.6 is 0 Å². The molecule has 2 aromatic rings. The lowest BCUT2D eigenvalue weighted by Gasteiger charge is -2.30. The summed E-state index contributed by atoms with van der Waals surface area (Å²) < 4.78 is 0. The zero-order chi connectivity index (χ0) is 13.2. The summed E-state index contributed by atoms with van der Waals surface area (Å²) in [5.41, 5.74) is 10.8. The lowest BCUT2D eigenvalue weighted by molar-refractivity contribution is 0.621. The average molecular weight is 252 g/mol. The fraction of sp³-hybridized carbons (Fsp3) is 0.294. The Balaban J connectivity index is 1.94. The third-order valence-electron chi connectivity index (χ3n) is 4.01. The largest absolute Gasteiger partial charge is 0.399 e. The number of benzene rings is 2. The van der Waals surface area contributed by atoms with Crippen molar-refractivity contribution in [1.82, 2.24) is 0 Å². The number of hydrogen-bond acceptors (Lipinski definition) is 2. The minimum atomic E-state index is 0.448. The first-order chi connectivity index (χ1) is 9.29. The van der Waals surface area contributed by atoms with E-state index in [2.05, 4.69) is 48.2 Å². The molecule has 19 heavy (non-hydrogen) atoms. The monoisotopic (exact) mass is 252 g/mol. The van der Waals surface area contributed by atoms with Gasteiger partial charge in [-0.25, -0.2) is 0 Å². The highest BCUT2D eigenvalue weighted by atomic mass is 15.2. The molecule has 2 N–H and O–H groups in total. The van der Waals surface area contributed by atoms with E-state index < -0.39 is 0 Å². The van der Waals surface area contributed by atoms with Crippen molar-refractivity contribution in [3.8, 4) is 0 Å². The van der Waals surface area contributed by atoms with Gasteiger partial charge in [0.1, 0.15) is 0 Å². The van der Waals surface area contributed by atoms with Crippen LogP contribution in [0.25, 0.3) is 0 Å². The van der Waals surface area contributed by atoms with Crippen LogP contribution in [0.5, 0.6) is 0 Å². The number of fused-ring (bicyclic) bond motifs is 1. The van der Waals surface area contributed by atoms with E-state index in [1.165, 1.54) is 16.8 Å². The van der Waals surface area contributed by atoms with Gasteiger partial charge in [-0.3, -0.25) is 0 Å². The molecular formula is C17H20N2. The maximum absolute atomic E-state index is 5.78. The van der Waals surface area contributed by atoms with Gasteiger partial charge < -0.3 is 10.6 Å². The van der Waals surface area contributed by atoms with Crippen LogP contribution in [-0.2, 0) is 6.42 Å². The molecule has 0 spiro atoms. The molecule has 0 aromatic heterocycles. The Bertz CT molecular complexity index is 560. The molecule has 1 atom stereocenters. The summed E-state index contributed by atoms with van der Waals surface area (Å²) in [7, 11) is 0. The fourth-order valence-corrected chi connectivity index (χ4v) is 3.04. The molecule has 2 heteroatoms. The molecule has 1 aliphatic rings. The summed E-state index contributed by atoms with van der Waals surface area (Å²) >= 11 is 0. The first-order valence-electron chi connectivity index (χ1n) is 6.99. The van der Waals surface area contributed by atoms with Crippen LogP contribution in [0.15, 0.2) is 48.5 Å². The normalized spacial score (nSPS) is 15.3. The van der Waals surface area contributed by atoms with E-state index in [1.807, 2.05) is 12.1 Å². The molecule has 0 fully saturated rings. The molecule has 1 aliphatic heterocycles. The summed E-state index contributed by atoms with van der Waals surface area (Å²) in [6.07, 6.45) is 2.26. The van der Waals surface area contributed by atoms with Crippen LogP contribution in [0, 0.1) is 0 Å². The molecule has 2 aromatic carbocycles. The maximum atomic E-state index is 5.78. The third kappa shape index (κ3) is 2.19. The van der Waals surface area contributed by atoms with Crippen molar-refractivity contribution < 1.29 is 0 Å². The van der Waals surface area contributed by atoms with E-state index in [1.54, 1.807) is 0 Å². The van der Waals surface area contributed by atoms with Gasteiger partial charge in [-0.05, 0) is 42.2 Å². The lowest BCUT2D eigenvalue weighted by Crippen LogP contribution is -2.26. The van der Waals surface area contributed by atoms with Gasteiger partial charge in [0.15, 0.2) is 0 Å². The van der Waals surface area contributed by atoms with Crippen LogP contribution in [0.3, 0.4) is 0 Å².